The average Bonchev–Trinajstić information content (AvgIpc) is 3.70. The molecule has 3 aliphatic rings. The van der Waals surface area contributed by atoms with E-state index in [1.807, 2.05) is 41.3 Å². The van der Waals surface area contributed by atoms with Crippen LogP contribution in [-0.2, 0) is 4.79 Å². The van der Waals surface area contributed by atoms with Gasteiger partial charge in [0.15, 0.2) is 0 Å². The number of carbonyl (C=O) groups excluding carboxylic acids is 2. The lowest BCUT2D eigenvalue weighted by Crippen LogP contribution is -2.46. The molecule has 2 aliphatic carbocycles. The fraction of sp³-hybridized carbons (Fsp3) is 0.520. The van der Waals surface area contributed by atoms with E-state index in [4.69, 9.17) is 4.74 Å². The molecule has 0 aromatic heterocycles. The van der Waals surface area contributed by atoms with Crippen LogP contribution in [0.3, 0.4) is 0 Å². The normalized spacial score (nSPS) is 19.9. The monoisotopic (exact) mass is 406 g/mol. The Bertz CT molecular complexity index is 944. The van der Waals surface area contributed by atoms with Crippen LogP contribution in [0.15, 0.2) is 36.4 Å². The molecule has 0 unspecified atom stereocenters. The van der Waals surface area contributed by atoms with Gasteiger partial charge in [-0.05, 0) is 67.9 Å². The molecule has 0 bridgehead atoms. The summed E-state index contributed by atoms with van der Waals surface area (Å²) in [5.41, 5.74) is 0.705. The Morgan fingerprint density at radius 1 is 0.933 bits per heavy atom. The Morgan fingerprint density at radius 2 is 1.57 bits per heavy atom. The summed E-state index contributed by atoms with van der Waals surface area (Å²) in [7, 11) is 1.65. The van der Waals surface area contributed by atoms with Crippen molar-refractivity contribution in [3.63, 3.8) is 0 Å². The van der Waals surface area contributed by atoms with Gasteiger partial charge < -0.3 is 15.0 Å². The molecular formula is C25H30N2O3. The van der Waals surface area contributed by atoms with Crippen LogP contribution in [0.4, 0.5) is 0 Å². The minimum atomic E-state index is 0.0293. The van der Waals surface area contributed by atoms with Crippen LogP contribution in [0.1, 0.15) is 48.9 Å². The average molecular weight is 407 g/mol. The molecule has 0 spiro atoms. The molecule has 1 N–H and O–H groups in total. The number of likely N-dealkylation sites (tertiary alicyclic amines) is 1. The van der Waals surface area contributed by atoms with Crippen molar-refractivity contribution in [2.45, 2.75) is 44.6 Å². The molecule has 0 atom stereocenters. The van der Waals surface area contributed by atoms with Crippen LogP contribution < -0.4 is 10.1 Å². The van der Waals surface area contributed by atoms with E-state index in [0.717, 1.165) is 29.4 Å². The van der Waals surface area contributed by atoms with Gasteiger partial charge in [-0.25, -0.2) is 0 Å². The quantitative estimate of drug-likeness (QED) is 0.789. The lowest BCUT2D eigenvalue weighted by Gasteiger charge is -2.32. The third kappa shape index (κ3) is 3.78. The van der Waals surface area contributed by atoms with Gasteiger partial charge in [-0.3, -0.25) is 9.59 Å². The van der Waals surface area contributed by atoms with Crippen molar-refractivity contribution in [3.8, 4) is 5.75 Å². The van der Waals surface area contributed by atoms with Crippen LogP contribution in [0.5, 0.6) is 5.75 Å². The van der Waals surface area contributed by atoms with E-state index in [1.165, 1.54) is 25.7 Å². The van der Waals surface area contributed by atoms with Gasteiger partial charge in [-0.1, -0.05) is 24.3 Å². The van der Waals surface area contributed by atoms with Crippen LogP contribution in [0.25, 0.3) is 10.8 Å². The first kappa shape index (κ1) is 19.4. The number of hydrogen-bond donors (Lipinski definition) is 1. The Hall–Kier alpha value is -2.56. The summed E-state index contributed by atoms with van der Waals surface area (Å²) in [6, 6.07) is 12.0. The van der Waals surface area contributed by atoms with E-state index in [-0.39, 0.29) is 17.7 Å². The highest BCUT2D eigenvalue weighted by Crippen LogP contribution is 2.44. The van der Waals surface area contributed by atoms with Gasteiger partial charge in [0.2, 0.25) is 5.91 Å². The summed E-state index contributed by atoms with van der Waals surface area (Å²) in [5.74, 6) is 2.49. The van der Waals surface area contributed by atoms with Crippen molar-refractivity contribution < 1.29 is 14.3 Å². The maximum atomic E-state index is 13.2. The molecule has 2 aromatic carbocycles. The molecule has 5 heteroatoms. The second-order valence-corrected chi connectivity index (χ2v) is 9.14. The predicted octanol–water partition coefficient (Wildman–Crippen LogP) is 4.01. The molecule has 0 radical (unpaired) electrons. The van der Waals surface area contributed by atoms with E-state index in [1.54, 1.807) is 7.11 Å². The van der Waals surface area contributed by atoms with Crippen molar-refractivity contribution in [3.05, 3.63) is 42.0 Å². The maximum absolute atomic E-state index is 13.2. The number of amides is 2. The lowest BCUT2D eigenvalue weighted by molar-refractivity contribution is -0.127. The molecule has 5 rings (SSSR count). The summed E-state index contributed by atoms with van der Waals surface area (Å²) in [6.07, 6.45) is 6.56. The predicted molar refractivity (Wildman–Crippen MR) is 117 cm³/mol. The minimum absolute atomic E-state index is 0.0293. The number of nitrogens with zero attached hydrogens (tertiary/aromatic N) is 1. The summed E-state index contributed by atoms with van der Waals surface area (Å²) in [5, 5.41) is 5.23. The van der Waals surface area contributed by atoms with Crippen LogP contribution in [0.2, 0.25) is 0 Å². The molecule has 1 heterocycles. The van der Waals surface area contributed by atoms with Crippen LogP contribution in [-0.4, -0.2) is 43.0 Å². The lowest BCUT2D eigenvalue weighted by atomic mass is 9.94. The zero-order valence-corrected chi connectivity index (χ0v) is 17.6. The molecule has 1 aliphatic heterocycles. The highest BCUT2D eigenvalue weighted by atomic mass is 16.5. The summed E-state index contributed by atoms with van der Waals surface area (Å²) < 4.78 is 5.45. The molecule has 158 valence electrons. The van der Waals surface area contributed by atoms with Crippen LogP contribution >= 0.6 is 0 Å². The third-order valence-corrected chi connectivity index (χ3v) is 7.06. The smallest absolute Gasteiger partial charge is 0.254 e. The van der Waals surface area contributed by atoms with E-state index < -0.39 is 0 Å². The minimum Gasteiger partial charge on any atom is -0.496 e. The first-order valence-electron chi connectivity index (χ1n) is 11.3. The molecule has 2 aromatic rings. The Morgan fingerprint density at radius 3 is 2.17 bits per heavy atom. The van der Waals surface area contributed by atoms with Gasteiger partial charge in [0, 0.05) is 36.0 Å². The Balaban J connectivity index is 1.24. The van der Waals surface area contributed by atoms with Crippen LogP contribution in [0, 0.1) is 17.8 Å². The molecule has 1 saturated heterocycles. The van der Waals surface area contributed by atoms with E-state index in [9.17, 15) is 9.59 Å². The van der Waals surface area contributed by atoms with Crippen molar-refractivity contribution in [2.24, 2.45) is 17.8 Å². The fourth-order valence-electron chi connectivity index (χ4n) is 4.96. The topological polar surface area (TPSA) is 58.6 Å². The molecule has 2 amide bonds. The zero-order chi connectivity index (χ0) is 20.7. The molecule has 3 fully saturated rings. The highest BCUT2D eigenvalue weighted by molar-refractivity contribution is 6.08. The van der Waals surface area contributed by atoms with Gasteiger partial charge in [0.1, 0.15) is 5.75 Å². The second-order valence-electron chi connectivity index (χ2n) is 9.14. The first-order valence-corrected chi connectivity index (χ1v) is 11.3. The fourth-order valence-corrected chi connectivity index (χ4v) is 4.96. The summed E-state index contributed by atoms with van der Waals surface area (Å²) >= 11 is 0. The Kier molecular flexibility index (Phi) is 5.13. The summed E-state index contributed by atoms with van der Waals surface area (Å²) in [4.78, 5) is 28.0. The van der Waals surface area contributed by atoms with E-state index in [2.05, 4.69) is 5.32 Å². The standard InChI is InChI=1S/C25H30N2O3/c1-30-22-11-10-21(19-4-2-3-5-20(19)22)25(29)27-14-12-18(13-15-27)24(28)26-23(16-6-7-16)17-8-9-17/h2-5,10-11,16-18,23H,6-9,12-15H2,1H3,(H,26,28). The number of ether oxygens (including phenoxy) is 1. The second kappa shape index (κ2) is 7.93. The number of rotatable bonds is 6. The third-order valence-electron chi connectivity index (χ3n) is 7.06. The van der Waals surface area contributed by atoms with Crippen molar-refractivity contribution >= 4 is 22.6 Å². The molecule has 30 heavy (non-hydrogen) atoms. The van der Waals surface area contributed by atoms with Gasteiger partial charge in [-0.2, -0.15) is 0 Å². The van der Waals surface area contributed by atoms with E-state index >= 15 is 0 Å². The molecule has 5 nitrogen and oxygen atoms in total. The van der Waals surface area contributed by atoms with Gasteiger partial charge in [-0.15, -0.1) is 0 Å². The van der Waals surface area contributed by atoms with Gasteiger partial charge >= 0.3 is 0 Å². The van der Waals surface area contributed by atoms with Crippen molar-refractivity contribution in [2.75, 3.05) is 20.2 Å². The first-order chi connectivity index (χ1) is 14.7. The number of piperidine rings is 1. The molecular weight excluding hydrogens is 376 g/mol. The van der Waals surface area contributed by atoms with Crippen molar-refractivity contribution in [1.29, 1.82) is 0 Å². The number of nitrogens with one attached hydrogen (secondary N) is 1. The molecule has 2 saturated carbocycles. The highest BCUT2D eigenvalue weighted by Gasteiger charge is 2.43. The number of fused-ring (bicyclic) bond motifs is 1. The number of carbonyl (C=O) groups is 2. The number of hydrogen-bond acceptors (Lipinski definition) is 3. The maximum Gasteiger partial charge on any atom is 0.254 e. The summed E-state index contributed by atoms with van der Waals surface area (Å²) in [6.45, 7) is 1.27. The Labute approximate surface area is 177 Å². The SMILES string of the molecule is COc1ccc(C(=O)N2CCC(C(=O)NC(C3CC3)C3CC3)CC2)c2ccccc12. The number of benzene rings is 2. The van der Waals surface area contributed by atoms with Crippen molar-refractivity contribution in [1.82, 2.24) is 10.2 Å². The largest absolute Gasteiger partial charge is 0.496 e. The van der Waals surface area contributed by atoms with Gasteiger partial charge in [0.05, 0.1) is 7.11 Å². The number of methoxy groups -OCH3 is 1. The zero-order valence-electron chi connectivity index (χ0n) is 17.6. The van der Waals surface area contributed by atoms with E-state index in [0.29, 0.717) is 36.5 Å². The van der Waals surface area contributed by atoms with Gasteiger partial charge in [0.25, 0.3) is 5.91 Å².